The number of rotatable bonds is 10. The zero-order valence-electron chi connectivity index (χ0n) is 24.6. The molecule has 2 fully saturated rings. The third-order valence-corrected chi connectivity index (χ3v) is 8.50. The van der Waals surface area contributed by atoms with Crippen LogP contribution in [0.2, 0.25) is 0 Å². The smallest absolute Gasteiger partial charge is 0.315 e. The van der Waals surface area contributed by atoms with Gasteiger partial charge in [-0.15, -0.1) is 0 Å². The van der Waals surface area contributed by atoms with Crippen LogP contribution in [0.3, 0.4) is 0 Å². The summed E-state index contributed by atoms with van der Waals surface area (Å²) >= 11 is 0. The van der Waals surface area contributed by atoms with Gasteiger partial charge in [0.1, 0.15) is 30.1 Å². The maximum atomic E-state index is 12.5. The van der Waals surface area contributed by atoms with Gasteiger partial charge in [-0.2, -0.15) is 0 Å². The maximum absolute atomic E-state index is 12.5. The summed E-state index contributed by atoms with van der Waals surface area (Å²) in [5, 5.41) is 7.08. The van der Waals surface area contributed by atoms with Gasteiger partial charge in [0.2, 0.25) is 0 Å². The van der Waals surface area contributed by atoms with Crippen molar-refractivity contribution in [1.29, 1.82) is 0 Å². The largest absolute Gasteiger partial charge is 0.489 e. The predicted octanol–water partition coefficient (Wildman–Crippen LogP) is 4.76. The van der Waals surface area contributed by atoms with Gasteiger partial charge in [0.15, 0.2) is 0 Å². The Bertz CT molecular complexity index is 1500. The molecule has 0 radical (unpaired) electrons. The number of ether oxygens (including phenoxy) is 2. The average Bonchev–Trinajstić information content (AvgIpc) is 3.45. The Morgan fingerprint density at radius 2 is 1.84 bits per heavy atom. The average molecular weight is 584 g/mol. The van der Waals surface area contributed by atoms with Gasteiger partial charge >= 0.3 is 6.03 Å². The van der Waals surface area contributed by atoms with Crippen LogP contribution in [0.15, 0.2) is 67.1 Å². The molecule has 10 heteroatoms. The minimum absolute atomic E-state index is 0.0750. The van der Waals surface area contributed by atoms with E-state index in [2.05, 4.69) is 60.5 Å². The number of benzene rings is 2. The Kier molecular flexibility index (Phi) is 9.34. The Morgan fingerprint density at radius 1 is 1.02 bits per heavy atom. The molecule has 10 nitrogen and oxygen atoms in total. The zero-order valence-corrected chi connectivity index (χ0v) is 24.6. The minimum atomic E-state index is -0.0750. The van der Waals surface area contributed by atoms with E-state index in [1.807, 2.05) is 30.3 Å². The summed E-state index contributed by atoms with van der Waals surface area (Å²) in [5.74, 6) is 1.26. The second kappa shape index (κ2) is 13.9. The lowest BCUT2D eigenvalue weighted by molar-refractivity contribution is 0.0375. The molecule has 1 aliphatic heterocycles. The lowest BCUT2D eigenvalue weighted by Gasteiger charge is -2.30. The highest BCUT2D eigenvalue weighted by atomic mass is 16.5. The van der Waals surface area contributed by atoms with Crippen LogP contribution < -0.4 is 21.1 Å². The number of urea groups is 1. The van der Waals surface area contributed by atoms with Crippen molar-refractivity contribution in [2.45, 2.75) is 50.8 Å². The van der Waals surface area contributed by atoms with Gasteiger partial charge in [0, 0.05) is 43.5 Å². The number of carbonyl (C=O) groups is 1. The van der Waals surface area contributed by atoms with E-state index in [1.54, 1.807) is 0 Å². The second-order valence-corrected chi connectivity index (χ2v) is 11.4. The van der Waals surface area contributed by atoms with Crippen molar-refractivity contribution in [3.8, 4) is 16.9 Å². The number of aromatic nitrogens is 3. The summed E-state index contributed by atoms with van der Waals surface area (Å²) in [6.07, 6.45) is 8.33. The number of nitrogens with one attached hydrogen (secondary N) is 2. The predicted molar refractivity (Wildman–Crippen MR) is 168 cm³/mol. The number of hydrogen-bond donors (Lipinski definition) is 3. The quantitative estimate of drug-likeness (QED) is 0.230. The highest BCUT2D eigenvalue weighted by Crippen LogP contribution is 2.38. The fourth-order valence-electron chi connectivity index (χ4n) is 6.16. The molecule has 0 unspecified atom stereocenters. The van der Waals surface area contributed by atoms with Crippen LogP contribution in [0.4, 0.5) is 10.6 Å². The van der Waals surface area contributed by atoms with E-state index in [0.717, 1.165) is 98.4 Å². The van der Waals surface area contributed by atoms with E-state index < -0.39 is 0 Å². The molecular formula is C33H41N7O3. The standard InChI is InChI=1S/C33H41N7O3/c34-31-30-29(25-8-4-9-28(20-25)43-22-24-6-2-1-3-7-24)21-40(32(30)37-23-36-31)27-12-10-26(11-13-27)38-33(41)35-14-5-15-39-16-18-42-19-17-39/h1-4,6-9,20-21,23,26-27H,5,10-19,22H2,(H2,34,36,37)(H2,35,38,41). The van der Waals surface area contributed by atoms with Crippen molar-refractivity contribution in [2.24, 2.45) is 0 Å². The van der Waals surface area contributed by atoms with E-state index in [0.29, 0.717) is 19.0 Å². The number of nitrogens with two attached hydrogens (primary N) is 1. The first kappa shape index (κ1) is 28.9. The van der Waals surface area contributed by atoms with Crippen molar-refractivity contribution in [2.75, 3.05) is 45.1 Å². The van der Waals surface area contributed by atoms with Gasteiger partial charge in [-0.25, -0.2) is 14.8 Å². The van der Waals surface area contributed by atoms with Crippen LogP contribution in [0.1, 0.15) is 43.7 Å². The van der Waals surface area contributed by atoms with Gasteiger partial charge in [-0.3, -0.25) is 4.90 Å². The topological polar surface area (TPSA) is 120 Å². The molecule has 2 aromatic carbocycles. The van der Waals surface area contributed by atoms with Crippen molar-refractivity contribution < 1.29 is 14.3 Å². The number of fused-ring (bicyclic) bond motifs is 1. The number of anilines is 1. The molecule has 2 aromatic heterocycles. The number of carbonyl (C=O) groups excluding carboxylic acids is 1. The van der Waals surface area contributed by atoms with Crippen LogP contribution in [0.5, 0.6) is 5.75 Å². The van der Waals surface area contributed by atoms with Gasteiger partial charge in [0.05, 0.1) is 18.6 Å². The SMILES string of the molecule is Nc1ncnc2c1c(-c1cccc(OCc3ccccc3)c1)cn2C1CCC(NC(=O)NCCCN2CCOCC2)CC1. The van der Waals surface area contributed by atoms with E-state index in [9.17, 15) is 4.79 Å². The van der Waals surface area contributed by atoms with Crippen LogP contribution in [-0.2, 0) is 11.3 Å². The Hall–Kier alpha value is -4.15. The first-order chi connectivity index (χ1) is 21.1. The highest BCUT2D eigenvalue weighted by Gasteiger charge is 2.26. The molecule has 0 spiro atoms. The third kappa shape index (κ3) is 7.26. The number of nitrogens with zero attached hydrogens (tertiary/aromatic N) is 4. The molecule has 2 amide bonds. The molecule has 43 heavy (non-hydrogen) atoms. The lowest BCUT2D eigenvalue weighted by atomic mass is 9.91. The minimum Gasteiger partial charge on any atom is -0.489 e. The fraction of sp³-hybridized carbons (Fsp3) is 0.424. The van der Waals surface area contributed by atoms with Crippen LogP contribution in [0.25, 0.3) is 22.2 Å². The van der Waals surface area contributed by atoms with Gasteiger partial charge in [-0.1, -0.05) is 42.5 Å². The molecule has 1 saturated heterocycles. The molecule has 6 rings (SSSR count). The molecule has 0 atom stereocenters. The Balaban J connectivity index is 1.07. The van der Waals surface area contributed by atoms with Gasteiger partial charge in [0.25, 0.3) is 0 Å². The number of nitrogen functional groups attached to an aromatic ring is 1. The molecule has 2 aliphatic rings. The summed E-state index contributed by atoms with van der Waals surface area (Å²) < 4.78 is 13.8. The normalized spacial score (nSPS) is 19.3. The van der Waals surface area contributed by atoms with Crippen LogP contribution in [0, 0.1) is 0 Å². The van der Waals surface area contributed by atoms with Gasteiger partial charge < -0.3 is 30.4 Å². The van der Waals surface area contributed by atoms with Crippen LogP contribution in [-0.4, -0.2) is 70.9 Å². The van der Waals surface area contributed by atoms with E-state index >= 15 is 0 Å². The maximum Gasteiger partial charge on any atom is 0.315 e. The Labute approximate surface area is 252 Å². The first-order valence-corrected chi connectivity index (χ1v) is 15.4. The number of hydrogen-bond acceptors (Lipinski definition) is 7. The van der Waals surface area contributed by atoms with Crippen molar-refractivity contribution >= 4 is 22.9 Å². The molecule has 1 aliphatic carbocycles. The zero-order chi connectivity index (χ0) is 29.4. The summed E-state index contributed by atoms with van der Waals surface area (Å²) in [7, 11) is 0. The molecular weight excluding hydrogens is 542 g/mol. The molecule has 4 N–H and O–H groups in total. The summed E-state index contributed by atoms with van der Waals surface area (Å²) in [4.78, 5) is 23.9. The molecule has 0 bridgehead atoms. The molecule has 226 valence electrons. The number of amides is 2. The van der Waals surface area contributed by atoms with E-state index in [4.69, 9.17) is 15.2 Å². The van der Waals surface area contributed by atoms with Gasteiger partial charge in [-0.05, 0) is 61.9 Å². The summed E-state index contributed by atoms with van der Waals surface area (Å²) in [5.41, 5.74) is 10.4. The fourth-order valence-corrected chi connectivity index (χ4v) is 6.16. The van der Waals surface area contributed by atoms with Crippen molar-refractivity contribution in [1.82, 2.24) is 30.1 Å². The Morgan fingerprint density at radius 3 is 2.65 bits per heavy atom. The third-order valence-electron chi connectivity index (χ3n) is 8.50. The first-order valence-electron chi connectivity index (χ1n) is 15.4. The summed E-state index contributed by atoms with van der Waals surface area (Å²) in [6.45, 7) is 5.71. The molecule has 4 aromatic rings. The van der Waals surface area contributed by atoms with Crippen molar-refractivity contribution in [3.63, 3.8) is 0 Å². The van der Waals surface area contributed by atoms with Crippen molar-refractivity contribution in [3.05, 3.63) is 72.7 Å². The molecule has 3 heterocycles. The second-order valence-electron chi connectivity index (χ2n) is 11.4. The molecule has 1 saturated carbocycles. The number of morpholine rings is 1. The van der Waals surface area contributed by atoms with E-state index in [1.165, 1.54) is 6.33 Å². The van der Waals surface area contributed by atoms with E-state index in [-0.39, 0.29) is 18.1 Å². The monoisotopic (exact) mass is 583 g/mol. The lowest BCUT2D eigenvalue weighted by Crippen LogP contribution is -2.44. The van der Waals surface area contributed by atoms with Crippen LogP contribution >= 0.6 is 0 Å². The highest BCUT2D eigenvalue weighted by molar-refractivity contribution is 6.00. The summed E-state index contributed by atoms with van der Waals surface area (Å²) in [6, 6.07) is 18.6.